The van der Waals surface area contributed by atoms with Gasteiger partial charge in [0, 0.05) is 49.1 Å². The molecule has 8 nitrogen and oxygen atoms in total. The maximum absolute atomic E-state index is 17.0. The standard InChI is InChI=1S/C32H33ClFN7O/c1-39(2)18-14-40(15-18)32-29-31(41(25(37-29)7-8-35)30-17-10-24(30)36-13-17)22-12-23(33)26(27(34)28(22)38-32)21-11-19(42)9-16-5-3-4-6-20(16)21/h3-6,9,11-12,17-18,24,30,36,42H,7-8,10,13-15,35H2,1-2H3/t17-,24-,30+/m1/s1. The van der Waals surface area contributed by atoms with Crippen molar-refractivity contribution in [2.24, 2.45) is 11.7 Å². The van der Waals surface area contributed by atoms with Gasteiger partial charge in [-0.3, -0.25) is 0 Å². The summed E-state index contributed by atoms with van der Waals surface area (Å²) in [4.78, 5) is 14.6. The largest absolute Gasteiger partial charge is 0.508 e. The number of aromatic nitrogens is 3. The highest BCUT2D eigenvalue weighted by Gasteiger charge is 2.49. The van der Waals surface area contributed by atoms with Crippen molar-refractivity contribution < 1.29 is 9.50 Å². The van der Waals surface area contributed by atoms with Gasteiger partial charge in [0.1, 0.15) is 22.6 Å². The van der Waals surface area contributed by atoms with Crippen molar-refractivity contribution in [3.8, 4) is 16.9 Å². The number of phenols is 1. The van der Waals surface area contributed by atoms with Crippen molar-refractivity contribution >= 4 is 50.1 Å². The summed E-state index contributed by atoms with van der Waals surface area (Å²) in [5, 5.41) is 16.7. The molecule has 5 heterocycles. The first-order valence-corrected chi connectivity index (χ1v) is 15.0. The van der Waals surface area contributed by atoms with Gasteiger partial charge in [0.15, 0.2) is 11.6 Å². The summed E-state index contributed by atoms with van der Waals surface area (Å²) < 4.78 is 19.3. The van der Waals surface area contributed by atoms with Crippen LogP contribution in [-0.2, 0) is 6.42 Å². The zero-order valence-corrected chi connectivity index (χ0v) is 24.4. The average molecular weight is 586 g/mol. The average Bonchev–Trinajstić information content (AvgIpc) is 3.65. The molecule has 1 saturated carbocycles. The van der Waals surface area contributed by atoms with Crippen molar-refractivity contribution in [2.45, 2.75) is 31.0 Å². The van der Waals surface area contributed by atoms with Gasteiger partial charge in [-0.05, 0) is 67.5 Å². The fourth-order valence-corrected chi connectivity index (χ4v) is 7.63. The van der Waals surface area contributed by atoms with Crippen LogP contribution in [0.1, 0.15) is 18.3 Å². The highest BCUT2D eigenvalue weighted by Crippen LogP contribution is 2.49. The summed E-state index contributed by atoms with van der Waals surface area (Å²) in [5.74, 6) is 1.66. The summed E-state index contributed by atoms with van der Waals surface area (Å²) in [7, 11) is 4.15. The summed E-state index contributed by atoms with van der Waals surface area (Å²) in [6.45, 7) is 3.01. The summed E-state index contributed by atoms with van der Waals surface area (Å²) >= 11 is 6.98. The maximum atomic E-state index is 17.0. The van der Waals surface area contributed by atoms with Gasteiger partial charge in [-0.2, -0.15) is 0 Å². The number of imidazole rings is 1. The minimum absolute atomic E-state index is 0.0520. The topological polar surface area (TPSA) is 95.5 Å². The first-order chi connectivity index (χ1) is 20.3. The van der Waals surface area contributed by atoms with Gasteiger partial charge in [0.2, 0.25) is 0 Å². The zero-order valence-electron chi connectivity index (χ0n) is 23.6. The molecule has 4 N–H and O–H groups in total. The molecule has 0 spiro atoms. The van der Waals surface area contributed by atoms with Gasteiger partial charge in [-0.25, -0.2) is 14.4 Å². The molecule has 42 heavy (non-hydrogen) atoms. The van der Waals surface area contributed by atoms with Crippen LogP contribution in [0.2, 0.25) is 5.02 Å². The van der Waals surface area contributed by atoms with E-state index >= 15 is 4.39 Å². The fourth-order valence-electron chi connectivity index (χ4n) is 7.34. The van der Waals surface area contributed by atoms with Crippen LogP contribution in [-0.4, -0.2) is 76.9 Å². The molecular formula is C32H33ClFN7O. The molecule has 3 atom stereocenters. The van der Waals surface area contributed by atoms with Gasteiger partial charge in [0.05, 0.1) is 16.6 Å². The van der Waals surface area contributed by atoms with Crippen molar-refractivity contribution in [3.63, 3.8) is 0 Å². The van der Waals surface area contributed by atoms with E-state index in [0.29, 0.717) is 47.7 Å². The van der Waals surface area contributed by atoms with E-state index in [4.69, 9.17) is 27.3 Å². The van der Waals surface area contributed by atoms with E-state index in [0.717, 1.165) is 53.7 Å². The number of benzene rings is 3. The number of phenolic OH excluding ortho intramolecular Hbond substituents is 1. The molecule has 4 aliphatic rings. The summed E-state index contributed by atoms with van der Waals surface area (Å²) in [6, 6.07) is 13.7. The molecule has 0 unspecified atom stereocenters. The Kier molecular flexibility index (Phi) is 5.92. The van der Waals surface area contributed by atoms with Crippen LogP contribution in [0.4, 0.5) is 10.2 Å². The number of anilines is 1. The Labute approximate surface area is 247 Å². The van der Waals surface area contributed by atoms with Crippen LogP contribution >= 0.6 is 11.6 Å². The Hall–Kier alpha value is -3.50. The summed E-state index contributed by atoms with van der Waals surface area (Å²) in [6.07, 6.45) is 1.75. The first-order valence-electron chi connectivity index (χ1n) is 14.6. The van der Waals surface area contributed by atoms with E-state index in [1.807, 2.05) is 30.3 Å². The molecule has 1 aliphatic carbocycles. The van der Waals surface area contributed by atoms with Crippen LogP contribution in [0.15, 0.2) is 42.5 Å². The number of likely N-dealkylation sites (N-methyl/N-ethyl adjacent to an activating group) is 1. The number of halogens is 2. The lowest BCUT2D eigenvalue weighted by atomic mass is 9.79. The zero-order chi connectivity index (χ0) is 28.9. The minimum Gasteiger partial charge on any atom is -0.508 e. The monoisotopic (exact) mass is 585 g/mol. The molecule has 3 saturated heterocycles. The van der Waals surface area contributed by atoms with Crippen molar-refractivity contribution in [2.75, 3.05) is 45.2 Å². The Bertz CT molecular complexity index is 1890. The van der Waals surface area contributed by atoms with Crippen molar-refractivity contribution in [1.82, 2.24) is 24.8 Å². The van der Waals surface area contributed by atoms with E-state index in [2.05, 4.69) is 33.8 Å². The van der Waals surface area contributed by atoms with Crippen LogP contribution in [0.3, 0.4) is 0 Å². The number of nitrogens with two attached hydrogens (primary N) is 1. The molecule has 9 rings (SSSR count). The molecule has 5 aromatic rings. The van der Waals surface area contributed by atoms with Crippen LogP contribution in [0.5, 0.6) is 5.75 Å². The SMILES string of the molecule is CN(C)C1CN(c2nc3c(F)c(-c4cc(O)cc5ccccc45)c(Cl)cc3c3c2nc(CCN)n3[C@H]2[C@H]3CN[C@@H]2C3)C1. The third kappa shape index (κ3) is 3.70. The smallest absolute Gasteiger partial charge is 0.158 e. The third-order valence-electron chi connectivity index (χ3n) is 9.63. The molecular weight excluding hydrogens is 553 g/mol. The highest BCUT2D eigenvalue weighted by molar-refractivity contribution is 6.35. The van der Waals surface area contributed by atoms with Crippen LogP contribution in [0, 0.1) is 11.7 Å². The summed E-state index contributed by atoms with van der Waals surface area (Å²) in [5.41, 5.74) is 8.78. The Morgan fingerprint density at radius 3 is 2.64 bits per heavy atom. The molecule has 2 aromatic heterocycles. The van der Waals surface area contributed by atoms with Crippen LogP contribution < -0.4 is 16.0 Å². The quantitative estimate of drug-likeness (QED) is 0.266. The molecule has 10 heteroatoms. The van der Waals surface area contributed by atoms with Gasteiger partial charge in [-0.1, -0.05) is 35.9 Å². The Morgan fingerprint density at radius 1 is 1.12 bits per heavy atom. The second-order valence-electron chi connectivity index (χ2n) is 12.3. The second-order valence-corrected chi connectivity index (χ2v) is 12.7. The number of nitrogens with zero attached hydrogens (tertiary/aromatic N) is 5. The highest BCUT2D eigenvalue weighted by atomic mass is 35.5. The Morgan fingerprint density at radius 2 is 1.93 bits per heavy atom. The van der Waals surface area contributed by atoms with E-state index in [1.54, 1.807) is 12.1 Å². The molecule has 3 aromatic carbocycles. The third-order valence-corrected chi connectivity index (χ3v) is 9.93. The minimum atomic E-state index is -0.496. The number of nitrogens with one attached hydrogen (secondary N) is 1. The maximum Gasteiger partial charge on any atom is 0.158 e. The fraction of sp³-hybridized carbons (Fsp3) is 0.375. The molecule has 4 fully saturated rings. The number of rotatable bonds is 6. The molecule has 216 valence electrons. The van der Waals surface area contributed by atoms with E-state index in [1.165, 1.54) is 0 Å². The normalized spacial score (nSPS) is 22.0. The molecule has 0 amide bonds. The number of hydrogen-bond donors (Lipinski definition) is 3. The lowest BCUT2D eigenvalue weighted by molar-refractivity contribution is 0.220. The van der Waals surface area contributed by atoms with Gasteiger partial charge < -0.3 is 30.5 Å². The van der Waals surface area contributed by atoms with Gasteiger partial charge in [-0.15, -0.1) is 0 Å². The number of pyridine rings is 1. The lowest BCUT2D eigenvalue weighted by Gasteiger charge is -2.43. The molecule has 2 bridgehead atoms. The first kappa shape index (κ1) is 26.2. The molecule has 3 aliphatic heterocycles. The Balaban J connectivity index is 1.43. The van der Waals surface area contributed by atoms with E-state index in [-0.39, 0.29) is 27.9 Å². The predicted molar refractivity (Wildman–Crippen MR) is 166 cm³/mol. The lowest BCUT2D eigenvalue weighted by Crippen LogP contribution is -2.57. The second kappa shape index (κ2) is 9.50. The van der Waals surface area contributed by atoms with E-state index in [9.17, 15) is 5.11 Å². The van der Waals surface area contributed by atoms with Crippen LogP contribution in [0.25, 0.3) is 43.8 Å². The number of aromatic hydroxyl groups is 1. The predicted octanol–water partition coefficient (Wildman–Crippen LogP) is 4.69. The number of hydrogen-bond acceptors (Lipinski definition) is 7. The van der Waals surface area contributed by atoms with Gasteiger partial charge >= 0.3 is 0 Å². The van der Waals surface area contributed by atoms with Gasteiger partial charge in [0.25, 0.3) is 0 Å². The van der Waals surface area contributed by atoms with Crippen molar-refractivity contribution in [3.05, 3.63) is 59.1 Å². The molecule has 0 radical (unpaired) electrons. The van der Waals surface area contributed by atoms with E-state index < -0.39 is 5.82 Å². The number of fused-ring (bicyclic) bond motifs is 5. The van der Waals surface area contributed by atoms with Crippen molar-refractivity contribution in [1.29, 1.82) is 0 Å².